The SMILES string of the molecule is C#CCNC(=O)[C@H](CCCCNC(=O)c1ccc(-c2c3ccc(=N)c(S(=O)(=O)O)c-3oc3c(S(=O)(=O)O)c(N)ccc23)c(C(=O)O)c1)CC(=O)CCOCCOCCOCCOCCNC(=O)CCCC[C@@H]1SC[C@@H]2NC(=O)N(CC)[C@@H]21. The molecule has 5 amide bonds. The van der Waals surface area contributed by atoms with Gasteiger partial charge >= 0.3 is 12.0 Å². The minimum Gasteiger partial charge on any atom is -0.478 e. The van der Waals surface area contributed by atoms with Crippen molar-refractivity contribution in [3.63, 3.8) is 0 Å². The van der Waals surface area contributed by atoms with E-state index >= 15 is 0 Å². The van der Waals surface area contributed by atoms with Crippen molar-refractivity contribution in [2.24, 2.45) is 5.92 Å². The predicted molar refractivity (Wildman–Crippen MR) is 300 cm³/mol. The summed E-state index contributed by atoms with van der Waals surface area (Å²) in [5, 5.41) is 29.3. The lowest BCUT2D eigenvalue weighted by Crippen LogP contribution is -2.40. The first kappa shape index (κ1) is 64.5. The molecule has 82 heavy (non-hydrogen) atoms. The third-order valence-corrected chi connectivity index (χ3v) is 17.0. The molecule has 4 atom stereocenters. The smallest absolute Gasteiger partial charge is 0.336 e. The van der Waals surface area contributed by atoms with E-state index in [4.69, 9.17) is 40.9 Å². The molecule has 0 bridgehead atoms. The van der Waals surface area contributed by atoms with E-state index in [-0.39, 0.29) is 110 Å². The van der Waals surface area contributed by atoms with Gasteiger partial charge < -0.3 is 60.4 Å². The largest absolute Gasteiger partial charge is 0.478 e. The quantitative estimate of drug-likeness (QED) is 0.00791. The summed E-state index contributed by atoms with van der Waals surface area (Å²) >= 11 is 1.90. The number of carbonyl (C=O) groups is 6. The zero-order valence-electron chi connectivity index (χ0n) is 45.2. The van der Waals surface area contributed by atoms with Crippen molar-refractivity contribution in [1.82, 2.24) is 26.2 Å². The number of carbonyl (C=O) groups excluding carboxylic acids is 5. The number of hydrogen-bond donors (Lipinski definition) is 9. The van der Waals surface area contributed by atoms with Crippen molar-refractivity contribution in [2.75, 3.05) is 90.5 Å². The van der Waals surface area contributed by atoms with Crippen molar-refractivity contribution in [3.05, 3.63) is 58.9 Å². The number of urea groups is 1. The highest BCUT2D eigenvalue weighted by Gasteiger charge is 2.47. The first-order chi connectivity index (χ1) is 39.2. The van der Waals surface area contributed by atoms with Crippen LogP contribution in [0.3, 0.4) is 0 Å². The maximum atomic E-state index is 13.4. The van der Waals surface area contributed by atoms with Gasteiger partial charge in [-0.2, -0.15) is 28.6 Å². The Labute approximate surface area is 478 Å². The Morgan fingerprint density at radius 1 is 0.854 bits per heavy atom. The minimum absolute atomic E-state index is 0.0146. The summed E-state index contributed by atoms with van der Waals surface area (Å²) in [4.78, 5) is 76.4. The number of ether oxygens (including phenoxy) is 4. The van der Waals surface area contributed by atoms with Crippen LogP contribution in [0.15, 0.2) is 56.7 Å². The monoisotopic (exact) mass is 1200 g/mol. The fourth-order valence-electron chi connectivity index (χ4n) is 9.83. The summed E-state index contributed by atoms with van der Waals surface area (Å²) in [7, 11) is -10.4. The van der Waals surface area contributed by atoms with Gasteiger partial charge in [0.25, 0.3) is 26.1 Å². The van der Waals surface area contributed by atoms with E-state index < -0.39 is 81.7 Å². The predicted octanol–water partition coefficient (Wildman–Crippen LogP) is 3.71. The maximum Gasteiger partial charge on any atom is 0.336 e. The van der Waals surface area contributed by atoms with Crippen LogP contribution in [-0.2, 0) is 53.6 Å². The number of amides is 5. The number of likely N-dealkylation sites (N-methyl/N-ethyl adjacent to an activating group) is 1. The van der Waals surface area contributed by atoms with Crippen LogP contribution in [0.4, 0.5) is 10.5 Å². The van der Waals surface area contributed by atoms with E-state index in [1.807, 2.05) is 23.6 Å². The number of fused-ring (bicyclic) bond motifs is 3. The normalized spacial score (nSPS) is 16.4. The summed E-state index contributed by atoms with van der Waals surface area (Å²) in [6.07, 6.45) is 9.42. The third kappa shape index (κ3) is 17.4. The Bertz CT molecular complexity index is 3260. The Balaban J connectivity index is 0.866. The number of nitrogens with one attached hydrogen (secondary N) is 5. The molecule has 2 saturated heterocycles. The number of anilines is 1. The van der Waals surface area contributed by atoms with Gasteiger partial charge in [-0.3, -0.25) is 33.7 Å². The molecule has 4 aliphatic rings. The molecule has 6 rings (SSSR count). The Morgan fingerprint density at radius 2 is 1.52 bits per heavy atom. The number of Topliss-reactive ketones (excluding diaryl/α,β-unsaturated/α-hetero) is 1. The number of carboxylic acid groups (broad SMARTS) is 1. The van der Waals surface area contributed by atoms with Gasteiger partial charge in [0.1, 0.15) is 5.78 Å². The van der Waals surface area contributed by atoms with Gasteiger partial charge in [0.05, 0.1) is 88.1 Å². The molecule has 3 aliphatic heterocycles. The molecule has 0 radical (unpaired) electrons. The highest BCUT2D eigenvalue weighted by atomic mass is 32.2. The maximum absolute atomic E-state index is 13.4. The zero-order valence-corrected chi connectivity index (χ0v) is 47.6. The van der Waals surface area contributed by atoms with Crippen molar-refractivity contribution < 1.29 is 83.2 Å². The summed E-state index contributed by atoms with van der Waals surface area (Å²) in [6, 6.07) is 8.47. The topological polar surface area (TPSA) is 383 Å². The Hall–Kier alpha value is -6.68. The summed E-state index contributed by atoms with van der Waals surface area (Å²) in [6.45, 7) is 5.43. The molecule has 2 fully saturated rings. The number of benzene rings is 3. The highest BCUT2D eigenvalue weighted by molar-refractivity contribution is 8.00. The van der Waals surface area contributed by atoms with E-state index in [9.17, 15) is 59.8 Å². The van der Waals surface area contributed by atoms with Crippen molar-refractivity contribution in [2.45, 2.75) is 91.8 Å². The second-order valence-corrected chi connectivity index (χ2v) is 23.3. The molecule has 10 N–H and O–H groups in total. The second-order valence-electron chi connectivity index (χ2n) is 19.3. The number of terminal acetylenes is 1. The van der Waals surface area contributed by atoms with Gasteiger partial charge in [0, 0.05) is 77.9 Å². The molecule has 3 heterocycles. The standard InChI is InChI=1S/C54H69N7O18S3/c1-3-19-58-51(64)33(30-35(62)18-22-75-24-26-77-28-29-78-27-25-76-23-21-57-44(63)11-6-5-10-43-46-42(32-80-43)60-54(68)61(46)4-2)9-7-8-20-59-52(65)34-12-13-36(39(31-34)53(66)67)45-37-14-16-40(55)49(81(69,70)71)47(37)79-48-38(45)15-17-41(56)50(48)82(72,73)74/h1,12-17,31,33,42-43,46,55H,4-11,18-30,32,56H2,2H3,(H,57,63)(H,58,64)(H,59,65)(H,60,68)(H,66,67)(H,69,70,71)(H,72,73,74)/t33-,42+,43+,46+/m1/s1. The molecule has 1 aliphatic carbocycles. The van der Waals surface area contributed by atoms with E-state index in [0.717, 1.165) is 43.2 Å². The molecule has 0 saturated carbocycles. The molecule has 28 heteroatoms. The summed E-state index contributed by atoms with van der Waals surface area (Å²) in [5.41, 5.74) is 3.47. The molecule has 2 aromatic rings. The van der Waals surface area contributed by atoms with Crippen LogP contribution in [-0.4, -0.2) is 174 Å². The molecule has 2 aromatic carbocycles. The van der Waals surface area contributed by atoms with Crippen LogP contribution >= 0.6 is 11.8 Å². The van der Waals surface area contributed by atoms with E-state index in [1.165, 1.54) is 24.3 Å². The molecule has 25 nitrogen and oxygen atoms in total. The number of thioether (sulfide) groups is 1. The number of hydrogen-bond acceptors (Lipinski definition) is 18. The molecule has 0 unspecified atom stereocenters. The minimum atomic E-state index is -5.24. The number of unbranched alkanes of at least 4 members (excludes halogenated alkanes) is 2. The van der Waals surface area contributed by atoms with Crippen LogP contribution < -0.4 is 32.4 Å². The summed E-state index contributed by atoms with van der Waals surface area (Å²) < 4.78 is 98.2. The average molecular weight is 1200 g/mol. The van der Waals surface area contributed by atoms with Crippen LogP contribution in [0.1, 0.15) is 85.4 Å². The lowest BCUT2D eigenvalue weighted by molar-refractivity contribution is -0.130. The van der Waals surface area contributed by atoms with Gasteiger partial charge in [-0.15, -0.1) is 6.42 Å². The van der Waals surface area contributed by atoms with Crippen LogP contribution in [0.25, 0.3) is 33.4 Å². The second kappa shape index (κ2) is 30.6. The molecular formula is C54H69N7O18S3. The van der Waals surface area contributed by atoms with E-state index in [1.54, 1.807) is 0 Å². The van der Waals surface area contributed by atoms with E-state index in [0.29, 0.717) is 70.6 Å². The van der Waals surface area contributed by atoms with Crippen LogP contribution in [0, 0.1) is 23.7 Å². The van der Waals surface area contributed by atoms with Crippen molar-refractivity contribution in [3.8, 4) is 34.8 Å². The number of nitrogens with zero attached hydrogens (tertiary/aromatic N) is 1. The fourth-order valence-corrected chi connectivity index (χ4v) is 12.9. The Morgan fingerprint density at radius 3 is 2.18 bits per heavy atom. The first-order valence-electron chi connectivity index (χ1n) is 26.6. The van der Waals surface area contributed by atoms with Crippen LogP contribution in [0.5, 0.6) is 0 Å². The molecule has 0 aromatic heterocycles. The number of ketones is 1. The van der Waals surface area contributed by atoms with E-state index in [2.05, 4.69) is 27.2 Å². The van der Waals surface area contributed by atoms with Gasteiger partial charge in [0.15, 0.2) is 21.1 Å². The lowest BCUT2D eigenvalue weighted by Gasteiger charge is -2.26. The highest BCUT2D eigenvalue weighted by Crippen LogP contribution is 2.46. The van der Waals surface area contributed by atoms with Gasteiger partial charge in [0.2, 0.25) is 11.8 Å². The number of nitrogen functional groups attached to an aromatic ring is 1. The van der Waals surface area contributed by atoms with Gasteiger partial charge in [-0.05, 0) is 74.6 Å². The van der Waals surface area contributed by atoms with Crippen molar-refractivity contribution in [1.29, 1.82) is 5.41 Å². The number of rotatable bonds is 35. The molecule has 0 spiro atoms. The van der Waals surface area contributed by atoms with Gasteiger partial charge in [-0.1, -0.05) is 24.8 Å². The van der Waals surface area contributed by atoms with Crippen LogP contribution in [0.2, 0.25) is 0 Å². The van der Waals surface area contributed by atoms with Crippen molar-refractivity contribution >= 4 is 84.2 Å². The number of aromatic carboxylic acids is 1. The number of carboxylic acids is 1. The fraction of sp³-hybridized carbons (Fsp3) is 0.500. The number of nitrogens with two attached hydrogens (primary N) is 1. The molecular weight excluding hydrogens is 1130 g/mol. The average Bonchev–Trinajstić information content (AvgIpc) is 3.67. The van der Waals surface area contributed by atoms with Gasteiger partial charge in [-0.25, -0.2) is 9.59 Å². The third-order valence-electron chi connectivity index (χ3n) is 13.7. The zero-order chi connectivity index (χ0) is 59.6. The lowest BCUT2D eigenvalue weighted by atomic mass is 9.89. The molecule has 446 valence electrons. The Kier molecular flexibility index (Phi) is 24.0. The summed E-state index contributed by atoms with van der Waals surface area (Å²) in [5.74, 6) is -1.12. The first-order valence-corrected chi connectivity index (χ1v) is 30.6.